The number of nitrogens with zero attached hydrogens (tertiary/aromatic N) is 3. The Bertz CT molecular complexity index is 526. The Morgan fingerprint density at radius 1 is 1.31 bits per heavy atom. The van der Waals surface area contributed by atoms with Gasteiger partial charge < -0.3 is 15.4 Å². The molecule has 1 fully saturated rings. The first-order valence-corrected chi connectivity index (χ1v) is 9.75. The molecule has 26 heavy (non-hydrogen) atoms. The molecule has 0 unspecified atom stereocenters. The van der Waals surface area contributed by atoms with Crippen LogP contribution in [-0.2, 0) is 18.2 Å². The van der Waals surface area contributed by atoms with Crippen LogP contribution in [-0.4, -0.2) is 48.6 Å². The zero-order chi connectivity index (χ0) is 18.0. The van der Waals surface area contributed by atoms with E-state index in [2.05, 4.69) is 35.8 Å². The van der Waals surface area contributed by atoms with Gasteiger partial charge in [0.05, 0.1) is 6.20 Å². The highest BCUT2D eigenvalue weighted by Gasteiger charge is 2.33. The number of aliphatic imine (C=N–C) groups is 1. The molecule has 6 nitrogen and oxygen atoms in total. The fourth-order valence-electron chi connectivity index (χ4n) is 3.56. The second-order valence-corrected chi connectivity index (χ2v) is 7.05. The topological polar surface area (TPSA) is 63.5 Å². The first-order valence-electron chi connectivity index (χ1n) is 9.75. The third-order valence-corrected chi connectivity index (χ3v) is 5.03. The van der Waals surface area contributed by atoms with E-state index in [4.69, 9.17) is 9.73 Å². The van der Waals surface area contributed by atoms with Crippen LogP contribution >= 0.6 is 24.0 Å². The smallest absolute Gasteiger partial charge is 0.191 e. The molecule has 1 aromatic rings. The Kier molecular flexibility index (Phi) is 11.2. The van der Waals surface area contributed by atoms with Crippen molar-refractivity contribution in [1.29, 1.82) is 0 Å². The number of hydrogen-bond acceptors (Lipinski definition) is 3. The fourth-order valence-corrected chi connectivity index (χ4v) is 3.56. The van der Waals surface area contributed by atoms with E-state index in [1.54, 1.807) is 0 Å². The Balaban J connectivity index is 0.00000338. The van der Waals surface area contributed by atoms with Crippen molar-refractivity contribution >= 4 is 29.9 Å². The van der Waals surface area contributed by atoms with E-state index in [1.165, 1.54) is 31.2 Å². The van der Waals surface area contributed by atoms with Crippen molar-refractivity contribution in [3.63, 3.8) is 0 Å². The van der Waals surface area contributed by atoms with Crippen LogP contribution in [0.4, 0.5) is 0 Å². The lowest BCUT2D eigenvalue weighted by molar-refractivity contribution is 0.107. The highest BCUT2D eigenvalue weighted by atomic mass is 127. The lowest BCUT2D eigenvalue weighted by atomic mass is 9.83. The number of hydrogen-bond donors (Lipinski definition) is 2. The van der Waals surface area contributed by atoms with Gasteiger partial charge >= 0.3 is 0 Å². The molecule has 1 aliphatic carbocycles. The molecular formula is C19H36IN5O. The fraction of sp³-hybridized carbons (Fsp3) is 0.789. The number of rotatable bonds is 10. The summed E-state index contributed by atoms with van der Waals surface area (Å²) in [6.07, 6.45) is 11.3. The molecule has 2 rings (SSSR count). The highest BCUT2D eigenvalue weighted by molar-refractivity contribution is 14.0. The lowest BCUT2D eigenvalue weighted by Gasteiger charge is -2.27. The van der Waals surface area contributed by atoms with Crippen LogP contribution in [0.2, 0.25) is 0 Å². The number of ether oxygens (including phenoxy) is 1. The van der Waals surface area contributed by atoms with Gasteiger partial charge in [-0.05, 0) is 50.5 Å². The lowest BCUT2D eigenvalue weighted by Crippen LogP contribution is -2.39. The van der Waals surface area contributed by atoms with E-state index in [1.807, 2.05) is 17.9 Å². The largest absolute Gasteiger partial charge is 0.382 e. The van der Waals surface area contributed by atoms with Gasteiger partial charge in [-0.3, -0.25) is 9.67 Å². The number of aryl methyl sites for hydroxylation is 1. The van der Waals surface area contributed by atoms with Crippen molar-refractivity contribution in [3.8, 4) is 0 Å². The molecule has 1 saturated carbocycles. The molecule has 0 spiro atoms. The van der Waals surface area contributed by atoms with Gasteiger partial charge in [0.25, 0.3) is 0 Å². The van der Waals surface area contributed by atoms with Crippen LogP contribution in [0.15, 0.2) is 17.4 Å². The molecule has 0 amide bonds. The van der Waals surface area contributed by atoms with Crippen molar-refractivity contribution < 1.29 is 4.74 Å². The standard InChI is InChI=1S/C19H35N5O.HI/c1-4-20-18(21-12-8-17-14-23-24(3)15-17)22-16-19(9-6-7-10-19)11-13-25-5-2;/h14-15H,4-13,16H2,1-3H3,(H2,20,21,22);1H. The average Bonchev–Trinajstić information content (AvgIpc) is 3.23. The number of guanidine groups is 1. The van der Waals surface area contributed by atoms with E-state index >= 15 is 0 Å². The maximum absolute atomic E-state index is 5.60. The molecule has 0 atom stereocenters. The van der Waals surface area contributed by atoms with Crippen LogP contribution < -0.4 is 10.6 Å². The Labute approximate surface area is 175 Å². The zero-order valence-corrected chi connectivity index (χ0v) is 18.9. The summed E-state index contributed by atoms with van der Waals surface area (Å²) in [5, 5.41) is 11.0. The Hall–Kier alpha value is -0.830. The molecule has 1 aliphatic rings. The van der Waals surface area contributed by atoms with Gasteiger partial charge in [0, 0.05) is 46.1 Å². The van der Waals surface area contributed by atoms with Crippen molar-refractivity contribution in [2.24, 2.45) is 17.5 Å². The molecule has 7 heteroatoms. The van der Waals surface area contributed by atoms with E-state index in [9.17, 15) is 0 Å². The minimum atomic E-state index is 0. The predicted octanol–water partition coefficient (Wildman–Crippen LogP) is 3.12. The average molecular weight is 477 g/mol. The molecule has 0 aliphatic heterocycles. The molecule has 0 saturated heterocycles. The summed E-state index contributed by atoms with van der Waals surface area (Å²) in [5.41, 5.74) is 1.58. The third-order valence-electron chi connectivity index (χ3n) is 5.03. The first-order chi connectivity index (χ1) is 12.2. The summed E-state index contributed by atoms with van der Waals surface area (Å²) in [5.74, 6) is 0.925. The number of halogens is 1. The molecule has 0 radical (unpaired) electrons. The normalized spacial score (nSPS) is 16.3. The summed E-state index contributed by atoms with van der Waals surface area (Å²) in [6.45, 7) is 8.47. The van der Waals surface area contributed by atoms with Crippen LogP contribution in [0.3, 0.4) is 0 Å². The van der Waals surface area contributed by atoms with Gasteiger partial charge in [0.1, 0.15) is 0 Å². The van der Waals surface area contributed by atoms with Crippen molar-refractivity contribution in [1.82, 2.24) is 20.4 Å². The van der Waals surface area contributed by atoms with Crippen LogP contribution in [0, 0.1) is 5.41 Å². The monoisotopic (exact) mass is 477 g/mol. The van der Waals surface area contributed by atoms with E-state index in [-0.39, 0.29) is 24.0 Å². The summed E-state index contributed by atoms with van der Waals surface area (Å²) in [7, 11) is 1.95. The quantitative estimate of drug-likeness (QED) is 0.235. The van der Waals surface area contributed by atoms with Crippen molar-refractivity contribution in [2.45, 2.75) is 52.4 Å². The van der Waals surface area contributed by atoms with Crippen molar-refractivity contribution in [3.05, 3.63) is 18.0 Å². The zero-order valence-electron chi connectivity index (χ0n) is 16.6. The first kappa shape index (κ1) is 23.2. The second-order valence-electron chi connectivity index (χ2n) is 7.05. The summed E-state index contributed by atoms with van der Waals surface area (Å²) in [6, 6.07) is 0. The number of aromatic nitrogens is 2. The number of nitrogens with one attached hydrogen (secondary N) is 2. The van der Waals surface area contributed by atoms with Gasteiger partial charge in [-0.2, -0.15) is 5.10 Å². The minimum absolute atomic E-state index is 0. The predicted molar refractivity (Wildman–Crippen MR) is 118 cm³/mol. The second kappa shape index (κ2) is 12.5. The Morgan fingerprint density at radius 3 is 2.69 bits per heavy atom. The molecule has 1 heterocycles. The molecule has 2 N–H and O–H groups in total. The molecule has 0 aromatic carbocycles. The minimum Gasteiger partial charge on any atom is -0.382 e. The molecule has 0 bridgehead atoms. The summed E-state index contributed by atoms with van der Waals surface area (Å²) in [4.78, 5) is 4.90. The van der Waals surface area contributed by atoms with Gasteiger partial charge in [-0.25, -0.2) is 0 Å². The maximum Gasteiger partial charge on any atom is 0.191 e. The van der Waals surface area contributed by atoms with Gasteiger partial charge in [0.2, 0.25) is 0 Å². The molecule has 150 valence electrons. The maximum atomic E-state index is 5.60. The summed E-state index contributed by atoms with van der Waals surface area (Å²) >= 11 is 0. The van der Waals surface area contributed by atoms with Gasteiger partial charge in [0.15, 0.2) is 5.96 Å². The van der Waals surface area contributed by atoms with E-state index in [0.29, 0.717) is 5.41 Å². The van der Waals surface area contributed by atoms with E-state index < -0.39 is 0 Å². The van der Waals surface area contributed by atoms with Crippen molar-refractivity contribution in [2.75, 3.05) is 32.8 Å². The molecular weight excluding hydrogens is 441 g/mol. The van der Waals surface area contributed by atoms with Crippen LogP contribution in [0.5, 0.6) is 0 Å². The SMILES string of the molecule is CCNC(=NCC1(CCOCC)CCCC1)NCCc1cnn(C)c1.I. The molecule has 1 aromatic heterocycles. The van der Waals surface area contributed by atoms with Gasteiger partial charge in [-0.1, -0.05) is 12.8 Å². The summed E-state index contributed by atoms with van der Waals surface area (Å²) < 4.78 is 7.45. The van der Waals surface area contributed by atoms with Gasteiger partial charge in [-0.15, -0.1) is 24.0 Å². The Morgan fingerprint density at radius 2 is 2.08 bits per heavy atom. The third kappa shape index (κ3) is 7.82. The van der Waals surface area contributed by atoms with Crippen LogP contribution in [0.1, 0.15) is 51.5 Å². The van der Waals surface area contributed by atoms with E-state index in [0.717, 1.165) is 51.6 Å². The van der Waals surface area contributed by atoms with Crippen LogP contribution in [0.25, 0.3) is 0 Å². The highest BCUT2D eigenvalue weighted by Crippen LogP contribution is 2.41.